The molecule has 1 N–H and O–H groups in total. The van der Waals surface area contributed by atoms with Gasteiger partial charge in [0.1, 0.15) is 17.1 Å². The molecule has 26 heavy (non-hydrogen) atoms. The Bertz CT molecular complexity index is 906. The number of carbonyl (C=O) groups excluding carboxylic acids is 1. The highest BCUT2D eigenvalue weighted by atomic mass is 35.5. The molecule has 136 valence electrons. The molecular formula is C17H17Cl2N5O2. The van der Waals surface area contributed by atoms with Crippen LogP contribution in [0.2, 0.25) is 10.0 Å². The highest BCUT2D eigenvalue weighted by Gasteiger charge is 2.12. The molecule has 7 nitrogen and oxygen atoms in total. The van der Waals surface area contributed by atoms with Crippen molar-refractivity contribution in [2.75, 3.05) is 0 Å². The van der Waals surface area contributed by atoms with Crippen LogP contribution >= 0.6 is 23.2 Å². The molecule has 0 aliphatic carbocycles. The van der Waals surface area contributed by atoms with E-state index in [1.54, 1.807) is 35.3 Å². The average molecular weight is 394 g/mol. The minimum Gasteiger partial charge on any atom is -0.470 e. The van der Waals surface area contributed by atoms with Crippen molar-refractivity contribution in [3.63, 3.8) is 0 Å². The van der Waals surface area contributed by atoms with Crippen LogP contribution in [0.1, 0.15) is 23.1 Å². The predicted octanol–water partition coefficient (Wildman–Crippen LogP) is 3.37. The summed E-state index contributed by atoms with van der Waals surface area (Å²) in [5.74, 6) is 0.237. The average Bonchev–Trinajstić information content (AvgIpc) is 3.25. The SMILES string of the molecule is CCn1cc(Cl)c(CNC(=O)c2ccn(COc3ccccc3Cl)n2)n1. The van der Waals surface area contributed by atoms with Gasteiger partial charge in [0.15, 0.2) is 6.73 Å². The fourth-order valence-electron chi connectivity index (χ4n) is 2.23. The number of hydrogen-bond acceptors (Lipinski definition) is 4. The minimum atomic E-state index is -0.316. The number of aryl methyl sites for hydroxylation is 1. The fraction of sp³-hybridized carbons (Fsp3) is 0.235. The van der Waals surface area contributed by atoms with E-state index >= 15 is 0 Å². The Kier molecular flexibility index (Phi) is 5.80. The van der Waals surface area contributed by atoms with Gasteiger partial charge in [-0.2, -0.15) is 10.2 Å². The highest BCUT2D eigenvalue weighted by molar-refractivity contribution is 6.32. The number of benzene rings is 1. The van der Waals surface area contributed by atoms with Crippen LogP contribution in [0, 0.1) is 0 Å². The maximum absolute atomic E-state index is 12.2. The molecule has 0 saturated carbocycles. The normalized spacial score (nSPS) is 10.7. The van der Waals surface area contributed by atoms with Crippen molar-refractivity contribution in [1.29, 1.82) is 0 Å². The Labute approximate surface area is 160 Å². The van der Waals surface area contributed by atoms with Gasteiger partial charge in [-0.05, 0) is 25.1 Å². The van der Waals surface area contributed by atoms with Gasteiger partial charge >= 0.3 is 0 Å². The molecule has 0 saturated heterocycles. The first kappa shape index (κ1) is 18.3. The molecule has 9 heteroatoms. The van der Waals surface area contributed by atoms with E-state index in [-0.39, 0.29) is 24.9 Å². The van der Waals surface area contributed by atoms with Crippen molar-refractivity contribution < 1.29 is 9.53 Å². The molecule has 0 fully saturated rings. The lowest BCUT2D eigenvalue weighted by molar-refractivity contribution is 0.0943. The van der Waals surface area contributed by atoms with Gasteiger partial charge in [-0.15, -0.1) is 0 Å². The lowest BCUT2D eigenvalue weighted by Gasteiger charge is -2.07. The van der Waals surface area contributed by atoms with Crippen LogP contribution in [-0.4, -0.2) is 25.5 Å². The number of aromatic nitrogens is 4. The van der Waals surface area contributed by atoms with E-state index in [9.17, 15) is 4.79 Å². The van der Waals surface area contributed by atoms with Gasteiger partial charge in [-0.25, -0.2) is 4.68 Å². The highest BCUT2D eigenvalue weighted by Crippen LogP contribution is 2.23. The number of carbonyl (C=O) groups is 1. The summed E-state index contributed by atoms with van der Waals surface area (Å²) in [6, 6.07) is 8.76. The molecule has 0 atom stereocenters. The maximum atomic E-state index is 12.2. The molecule has 0 unspecified atom stereocenters. The van der Waals surface area contributed by atoms with Crippen LogP contribution in [-0.2, 0) is 19.8 Å². The number of ether oxygens (including phenoxy) is 1. The van der Waals surface area contributed by atoms with E-state index in [1.165, 1.54) is 4.68 Å². The van der Waals surface area contributed by atoms with Crippen LogP contribution < -0.4 is 10.1 Å². The summed E-state index contributed by atoms with van der Waals surface area (Å²) >= 11 is 12.1. The molecule has 0 radical (unpaired) electrons. The number of nitrogens with zero attached hydrogens (tertiary/aromatic N) is 4. The van der Waals surface area contributed by atoms with Crippen molar-refractivity contribution >= 4 is 29.1 Å². The summed E-state index contributed by atoms with van der Waals surface area (Å²) in [7, 11) is 0. The van der Waals surface area contributed by atoms with Crippen LogP contribution in [0.25, 0.3) is 0 Å². The number of rotatable bonds is 7. The van der Waals surface area contributed by atoms with Crippen molar-refractivity contribution in [3.8, 4) is 5.75 Å². The lowest BCUT2D eigenvalue weighted by Crippen LogP contribution is -2.24. The smallest absolute Gasteiger partial charge is 0.272 e. The molecule has 3 aromatic rings. The predicted molar refractivity (Wildman–Crippen MR) is 98.4 cm³/mol. The third-order valence-corrected chi connectivity index (χ3v) is 4.22. The summed E-state index contributed by atoms with van der Waals surface area (Å²) in [4.78, 5) is 12.2. The second-order valence-corrected chi connectivity index (χ2v) is 6.22. The van der Waals surface area contributed by atoms with E-state index in [1.807, 2.05) is 19.1 Å². The number of amides is 1. The fourth-order valence-corrected chi connectivity index (χ4v) is 2.63. The molecule has 0 spiro atoms. The van der Waals surface area contributed by atoms with E-state index in [0.29, 0.717) is 28.0 Å². The molecule has 1 aromatic carbocycles. The van der Waals surface area contributed by atoms with Crippen LogP contribution in [0.5, 0.6) is 5.75 Å². The van der Waals surface area contributed by atoms with E-state index < -0.39 is 0 Å². The monoisotopic (exact) mass is 393 g/mol. The number of para-hydroxylation sites is 1. The largest absolute Gasteiger partial charge is 0.470 e. The third-order valence-electron chi connectivity index (χ3n) is 3.59. The Balaban J connectivity index is 1.56. The van der Waals surface area contributed by atoms with Gasteiger partial charge in [0.2, 0.25) is 0 Å². The van der Waals surface area contributed by atoms with Crippen LogP contribution in [0.3, 0.4) is 0 Å². The van der Waals surface area contributed by atoms with Crippen LogP contribution in [0.4, 0.5) is 0 Å². The summed E-state index contributed by atoms with van der Waals surface area (Å²) in [5, 5.41) is 12.3. The summed E-state index contributed by atoms with van der Waals surface area (Å²) in [6.07, 6.45) is 3.38. The number of hydrogen-bond donors (Lipinski definition) is 1. The van der Waals surface area contributed by atoms with E-state index in [0.717, 1.165) is 0 Å². The van der Waals surface area contributed by atoms with E-state index in [4.69, 9.17) is 27.9 Å². The topological polar surface area (TPSA) is 74.0 Å². The summed E-state index contributed by atoms with van der Waals surface area (Å²) in [5.41, 5.74) is 0.891. The minimum absolute atomic E-state index is 0.143. The molecule has 2 aromatic heterocycles. The van der Waals surface area contributed by atoms with Gasteiger partial charge in [0, 0.05) is 18.9 Å². The maximum Gasteiger partial charge on any atom is 0.272 e. The Morgan fingerprint density at radius 1 is 1.15 bits per heavy atom. The molecule has 1 amide bonds. The van der Waals surface area contributed by atoms with Crippen LogP contribution in [0.15, 0.2) is 42.7 Å². The summed E-state index contributed by atoms with van der Waals surface area (Å²) < 4.78 is 8.81. The zero-order valence-corrected chi connectivity index (χ0v) is 15.5. The lowest BCUT2D eigenvalue weighted by atomic mass is 10.3. The van der Waals surface area contributed by atoms with Crippen molar-refractivity contribution in [3.05, 3.63) is 64.2 Å². The quantitative estimate of drug-likeness (QED) is 0.667. The first-order valence-corrected chi connectivity index (χ1v) is 8.73. The second kappa shape index (κ2) is 8.25. The first-order valence-electron chi connectivity index (χ1n) is 7.97. The van der Waals surface area contributed by atoms with Crippen molar-refractivity contribution in [2.45, 2.75) is 26.7 Å². The number of nitrogens with one attached hydrogen (secondary N) is 1. The standard InChI is InChI=1S/C17H17Cl2N5O2/c1-2-23-10-13(19)15(22-23)9-20-17(25)14-7-8-24(21-14)11-26-16-6-4-3-5-12(16)18/h3-8,10H,2,9,11H2,1H3,(H,20,25). The molecular weight excluding hydrogens is 377 g/mol. The summed E-state index contributed by atoms with van der Waals surface area (Å²) in [6.45, 7) is 3.05. The van der Waals surface area contributed by atoms with Crippen molar-refractivity contribution in [1.82, 2.24) is 24.9 Å². The third kappa shape index (κ3) is 4.36. The van der Waals surface area contributed by atoms with E-state index in [2.05, 4.69) is 15.5 Å². The van der Waals surface area contributed by atoms with Gasteiger partial charge in [-0.3, -0.25) is 9.48 Å². The zero-order chi connectivity index (χ0) is 18.5. The van der Waals surface area contributed by atoms with Crippen molar-refractivity contribution in [2.24, 2.45) is 0 Å². The second-order valence-electron chi connectivity index (χ2n) is 5.41. The molecule has 0 aliphatic rings. The zero-order valence-electron chi connectivity index (χ0n) is 14.0. The molecule has 3 rings (SSSR count). The Morgan fingerprint density at radius 2 is 1.96 bits per heavy atom. The first-order chi connectivity index (χ1) is 12.6. The molecule has 2 heterocycles. The van der Waals surface area contributed by atoms with Gasteiger partial charge in [0.05, 0.1) is 16.6 Å². The van der Waals surface area contributed by atoms with Gasteiger partial charge < -0.3 is 10.1 Å². The number of halogens is 2. The van der Waals surface area contributed by atoms with Gasteiger partial charge in [-0.1, -0.05) is 35.3 Å². The molecule has 0 bridgehead atoms. The molecule has 0 aliphatic heterocycles. The van der Waals surface area contributed by atoms with Gasteiger partial charge in [0.25, 0.3) is 5.91 Å². The Hall–Kier alpha value is -2.51. The Morgan fingerprint density at radius 3 is 2.69 bits per heavy atom.